The van der Waals surface area contributed by atoms with Crippen LogP contribution in [0.2, 0.25) is 5.02 Å². The van der Waals surface area contributed by atoms with Gasteiger partial charge in [-0.3, -0.25) is 5.32 Å². The first-order valence-electron chi connectivity index (χ1n) is 8.06. The smallest absolute Gasteiger partial charge is 0.306 e. The molecule has 0 saturated heterocycles. The molecule has 0 radical (unpaired) electrons. The van der Waals surface area contributed by atoms with Crippen molar-refractivity contribution in [2.24, 2.45) is 0 Å². The number of amides is 4. The molecule has 3 aromatic rings. The van der Waals surface area contributed by atoms with Crippen LogP contribution >= 0.6 is 11.6 Å². The van der Waals surface area contributed by atoms with Crippen molar-refractivity contribution < 1.29 is 9.59 Å². The predicted octanol–water partition coefficient (Wildman–Crippen LogP) is 4.71. The maximum absolute atomic E-state index is 12.9. The lowest BCUT2D eigenvalue weighted by molar-refractivity contribution is 0.246. The van der Waals surface area contributed by atoms with Crippen LogP contribution in [0.1, 0.15) is 5.56 Å². The van der Waals surface area contributed by atoms with Crippen molar-refractivity contribution in [3.05, 3.63) is 77.4 Å². The van der Waals surface area contributed by atoms with Crippen molar-refractivity contribution in [2.45, 2.75) is 6.92 Å². The average molecular weight is 382 g/mol. The zero-order chi connectivity index (χ0) is 19.2. The van der Waals surface area contributed by atoms with E-state index in [-0.39, 0.29) is 5.82 Å². The number of benzene rings is 2. The van der Waals surface area contributed by atoms with Crippen molar-refractivity contribution in [3.63, 3.8) is 0 Å². The number of imide groups is 1. The lowest BCUT2D eigenvalue weighted by atomic mass is 10.2. The van der Waals surface area contributed by atoms with Gasteiger partial charge in [-0.2, -0.15) is 5.10 Å². The number of anilines is 3. The van der Waals surface area contributed by atoms with E-state index in [9.17, 15) is 9.59 Å². The molecule has 27 heavy (non-hydrogen) atoms. The molecule has 0 fully saturated rings. The second kappa shape index (κ2) is 8.29. The molecule has 2 N–H and O–H groups in total. The van der Waals surface area contributed by atoms with Gasteiger partial charge in [0.1, 0.15) is 0 Å². The van der Waals surface area contributed by atoms with Gasteiger partial charge < -0.3 is 5.32 Å². The highest BCUT2D eigenvalue weighted by atomic mass is 35.5. The van der Waals surface area contributed by atoms with Gasteiger partial charge in [0.05, 0.1) is 16.4 Å². The molecule has 4 amide bonds. The molecule has 0 aliphatic carbocycles. The molecule has 8 heteroatoms. The van der Waals surface area contributed by atoms with Crippen LogP contribution in [0.4, 0.5) is 26.8 Å². The number of halogens is 1. The number of urea groups is 2. The Bertz CT molecular complexity index is 965. The molecule has 136 valence electrons. The van der Waals surface area contributed by atoms with Gasteiger partial charge >= 0.3 is 12.1 Å². The molecule has 0 aliphatic heterocycles. The highest BCUT2D eigenvalue weighted by molar-refractivity contribution is 6.34. The highest BCUT2D eigenvalue weighted by Crippen LogP contribution is 2.24. The Morgan fingerprint density at radius 2 is 1.63 bits per heavy atom. The number of hydrogen-bond acceptors (Lipinski definition) is 4. The number of aryl methyl sites for hydroxylation is 1. The van der Waals surface area contributed by atoms with Gasteiger partial charge in [-0.25, -0.2) is 14.5 Å². The topological polar surface area (TPSA) is 87.2 Å². The molecule has 1 aromatic heterocycles. The number of carbonyl (C=O) groups excluding carboxylic acids is 2. The van der Waals surface area contributed by atoms with E-state index in [1.165, 1.54) is 6.20 Å². The first-order chi connectivity index (χ1) is 13.1. The van der Waals surface area contributed by atoms with Gasteiger partial charge in [-0.05, 0) is 42.8 Å². The third kappa shape index (κ3) is 4.39. The second-order valence-corrected chi connectivity index (χ2v) is 5.98. The van der Waals surface area contributed by atoms with Crippen molar-refractivity contribution >= 4 is 40.9 Å². The molecular weight excluding hydrogens is 366 g/mol. The van der Waals surface area contributed by atoms with Crippen LogP contribution in [0.3, 0.4) is 0 Å². The van der Waals surface area contributed by atoms with Crippen molar-refractivity contribution in [1.82, 2.24) is 10.2 Å². The Labute approximate surface area is 161 Å². The van der Waals surface area contributed by atoms with Crippen LogP contribution in [0.15, 0.2) is 66.9 Å². The summed E-state index contributed by atoms with van der Waals surface area (Å²) in [6.07, 6.45) is 1.48. The number of carbonyl (C=O) groups is 2. The minimum absolute atomic E-state index is 0.228. The van der Waals surface area contributed by atoms with Crippen LogP contribution in [0.5, 0.6) is 0 Å². The summed E-state index contributed by atoms with van der Waals surface area (Å²) in [6.45, 7) is 1.81. The summed E-state index contributed by atoms with van der Waals surface area (Å²) >= 11 is 6.11. The number of hydrogen-bond donors (Lipinski definition) is 2. The summed E-state index contributed by atoms with van der Waals surface area (Å²) in [5.41, 5.74) is 1.58. The number of nitrogens with one attached hydrogen (secondary N) is 2. The quantitative estimate of drug-likeness (QED) is 0.687. The molecule has 3 rings (SSSR count). The number of rotatable bonds is 3. The molecule has 0 saturated carbocycles. The Hall–Kier alpha value is -3.45. The average Bonchev–Trinajstić information content (AvgIpc) is 2.66. The standard InChI is InChI=1S/C19H16ClN5O2/c1-13-7-2-5-10-16(13)25(19(27)23-17-11-6-12-21-24-17)18(26)22-15-9-4-3-8-14(15)20/h2-12H,1H3,(H,22,26)(H,23,24,27). The van der Waals surface area contributed by atoms with Gasteiger partial charge in [0, 0.05) is 6.20 Å². The summed E-state index contributed by atoms with van der Waals surface area (Å²) in [4.78, 5) is 26.7. The zero-order valence-corrected chi connectivity index (χ0v) is 15.1. The highest BCUT2D eigenvalue weighted by Gasteiger charge is 2.26. The summed E-state index contributed by atoms with van der Waals surface area (Å²) in [7, 11) is 0. The molecular formula is C19H16ClN5O2. The Morgan fingerprint density at radius 1 is 0.926 bits per heavy atom. The van der Waals surface area contributed by atoms with Crippen LogP contribution in [-0.4, -0.2) is 22.3 Å². The largest absolute Gasteiger partial charge is 0.335 e. The molecule has 0 bridgehead atoms. The lowest BCUT2D eigenvalue weighted by Gasteiger charge is -2.23. The third-order valence-electron chi connectivity index (χ3n) is 3.69. The van der Waals surface area contributed by atoms with Crippen molar-refractivity contribution in [1.29, 1.82) is 0 Å². The summed E-state index contributed by atoms with van der Waals surface area (Å²) in [5.74, 6) is 0.228. The van der Waals surface area contributed by atoms with Crippen molar-refractivity contribution in [3.8, 4) is 0 Å². The van der Waals surface area contributed by atoms with E-state index in [1.807, 2.05) is 6.07 Å². The minimum atomic E-state index is -0.672. The first kappa shape index (κ1) is 18.3. The summed E-state index contributed by atoms with van der Waals surface area (Å²) in [6, 6.07) is 15.7. The monoisotopic (exact) mass is 381 g/mol. The first-order valence-corrected chi connectivity index (χ1v) is 8.44. The van der Waals surface area contributed by atoms with Crippen LogP contribution in [-0.2, 0) is 0 Å². The third-order valence-corrected chi connectivity index (χ3v) is 4.01. The maximum Gasteiger partial charge on any atom is 0.335 e. The second-order valence-electron chi connectivity index (χ2n) is 5.57. The molecule has 2 aromatic carbocycles. The fraction of sp³-hybridized carbons (Fsp3) is 0.0526. The van der Waals surface area contributed by atoms with Gasteiger partial charge in [0.25, 0.3) is 0 Å². The van der Waals surface area contributed by atoms with Crippen molar-refractivity contribution in [2.75, 3.05) is 15.5 Å². The van der Waals surface area contributed by atoms with Gasteiger partial charge in [-0.1, -0.05) is 41.9 Å². The Balaban J connectivity index is 1.92. The summed E-state index contributed by atoms with van der Waals surface area (Å²) < 4.78 is 0. The van der Waals surface area contributed by atoms with E-state index < -0.39 is 12.1 Å². The molecule has 0 aliphatic rings. The molecule has 7 nitrogen and oxygen atoms in total. The Morgan fingerprint density at radius 3 is 2.33 bits per heavy atom. The van der Waals surface area contributed by atoms with E-state index in [0.29, 0.717) is 16.4 Å². The maximum atomic E-state index is 12.9. The predicted molar refractivity (Wildman–Crippen MR) is 105 cm³/mol. The number of para-hydroxylation sites is 2. The molecule has 1 heterocycles. The normalized spacial score (nSPS) is 10.1. The van der Waals surface area contributed by atoms with Gasteiger partial charge in [0.2, 0.25) is 0 Å². The number of nitrogens with zero attached hydrogens (tertiary/aromatic N) is 3. The van der Waals surface area contributed by atoms with E-state index in [4.69, 9.17) is 11.6 Å². The number of aromatic nitrogens is 2. The van der Waals surface area contributed by atoms with Gasteiger partial charge in [0.15, 0.2) is 5.82 Å². The zero-order valence-electron chi connectivity index (χ0n) is 14.4. The van der Waals surface area contributed by atoms with E-state index in [0.717, 1.165) is 10.5 Å². The summed E-state index contributed by atoms with van der Waals surface area (Å²) in [5, 5.41) is 13.1. The van der Waals surface area contributed by atoms with Crippen LogP contribution < -0.4 is 15.5 Å². The fourth-order valence-corrected chi connectivity index (χ4v) is 2.58. The molecule has 0 atom stereocenters. The van der Waals surface area contributed by atoms with Crippen LogP contribution in [0, 0.1) is 6.92 Å². The minimum Gasteiger partial charge on any atom is -0.306 e. The molecule has 0 spiro atoms. The van der Waals surface area contributed by atoms with E-state index >= 15 is 0 Å². The van der Waals surface area contributed by atoms with Crippen LogP contribution in [0.25, 0.3) is 0 Å². The Kier molecular flexibility index (Phi) is 5.63. The molecule has 0 unspecified atom stereocenters. The van der Waals surface area contributed by atoms with E-state index in [2.05, 4.69) is 20.8 Å². The van der Waals surface area contributed by atoms with E-state index in [1.54, 1.807) is 61.5 Å². The lowest BCUT2D eigenvalue weighted by Crippen LogP contribution is -2.43. The fourth-order valence-electron chi connectivity index (χ4n) is 2.39. The van der Waals surface area contributed by atoms with Gasteiger partial charge in [-0.15, -0.1) is 5.10 Å². The SMILES string of the molecule is Cc1ccccc1N(C(=O)Nc1cccnn1)C(=O)Nc1ccccc1Cl.